The maximum atomic E-state index is 5.86. The topological polar surface area (TPSA) is 27.7 Å². The number of hydrogen-bond donors (Lipinski definition) is 0. The molecule has 0 aliphatic carbocycles. The third-order valence-corrected chi connectivity index (χ3v) is 3.43. The van der Waals surface area contributed by atoms with Crippen LogP contribution in [0.2, 0.25) is 0 Å². The molecule has 0 radical (unpaired) electrons. The maximum absolute atomic E-state index is 5.86. The summed E-state index contributed by atoms with van der Waals surface area (Å²) in [6.07, 6.45) is 3.30. The lowest BCUT2D eigenvalue weighted by atomic mass is 10.1. The van der Waals surface area contributed by atoms with Crippen molar-refractivity contribution >= 4 is 15.9 Å². The molecule has 4 heteroatoms. The van der Waals surface area contributed by atoms with Crippen LogP contribution >= 0.6 is 15.9 Å². The average Bonchev–Trinajstić information content (AvgIpc) is 2.47. The van der Waals surface area contributed by atoms with Gasteiger partial charge in [0.25, 0.3) is 0 Å². The second-order valence-corrected chi connectivity index (χ2v) is 5.47. The molecule has 0 amide bonds. The Bertz CT molecular complexity index is 345. The molecule has 2 rings (SSSR count). The van der Waals surface area contributed by atoms with Crippen LogP contribution in [-0.4, -0.2) is 30.9 Å². The van der Waals surface area contributed by atoms with Gasteiger partial charge >= 0.3 is 0 Å². The molecular weight excluding hydrogens is 308 g/mol. The molecule has 2 atom stereocenters. The van der Waals surface area contributed by atoms with Gasteiger partial charge in [0.15, 0.2) is 6.29 Å². The lowest BCUT2D eigenvalue weighted by Gasteiger charge is -2.29. The Hall–Kier alpha value is -0.420. The third-order valence-electron chi connectivity index (χ3n) is 3.11. The Labute approximate surface area is 123 Å². The first-order valence-corrected chi connectivity index (χ1v) is 7.95. The van der Waals surface area contributed by atoms with Crippen LogP contribution in [-0.2, 0) is 20.8 Å². The van der Waals surface area contributed by atoms with Crippen LogP contribution in [0.5, 0.6) is 0 Å². The van der Waals surface area contributed by atoms with Crippen LogP contribution < -0.4 is 0 Å². The normalized spacial score (nSPS) is 23.4. The highest BCUT2D eigenvalue weighted by Crippen LogP contribution is 2.20. The van der Waals surface area contributed by atoms with Crippen molar-refractivity contribution in [1.82, 2.24) is 0 Å². The Morgan fingerprint density at radius 1 is 1.21 bits per heavy atom. The van der Waals surface area contributed by atoms with Crippen molar-refractivity contribution in [2.45, 2.75) is 38.3 Å². The first kappa shape index (κ1) is 15.0. The minimum Gasteiger partial charge on any atom is -0.374 e. The lowest BCUT2D eigenvalue weighted by molar-refractivity contribution is -0.202. The number of benzene rings is 1. The molecule has 1 aromatic carbocycles. The highest BCUT2D eigenvalue weighted by Gasteiger charge is 2.22. The van der Waals surface area contributed by atoms with Crippen LogP contribution in [0.4, 0.5) is 0 Å². The van der Waals surface area contributed by atoms with Crippen LogP contribution in [0.15, 0.2) is 30.3 Å². The van der Waals surface area contributed by atoms with Gasteiger partial charge in [0.2, 0.25) is 0 Å². The highest BCUT2D eigenvalue weighted by atomic mass is 79.9. The summed E-state index contributed by atoms with van der Waals surface area (Å²) in [6.45, 7) is 1.99. The Morgan fingerprint density at radius 2 is 2.05 bits per heavy atom. The van der Waals surface area contributed by atoms with E-state index in [1.165, 1.54) is 5.56 Å². The molecule has 1 fully saturated rings. The molecule has 1 aliphatic rings. The van der Waals surface area contributed by atoms with Crippen LogP contribution in [0.3, 0.4) is 0 Å². The predicted molar refractivity (Wildman–Crippen MR) is 78.4 cm³/mol. The van der Waals surface area contributed by atoms with Crippen LogP contribution in [0.1, 0.15) is 24.8 Å². The molecule has 1 heterocycles. The Kier molecular flexibility index (Phi) is 6.85. The van der Waals surface area contributed by atoms with E-state index in [4.69, 9.17) is 14.2 Å². The molecule has 1 aromatic rings. The van der Waals surface area contributed by atoms with Gasteiger partial charge in [-0.15, -0.1) is 0 Å². The van der Waals surface area contributed by atoms with E-state index in [0.29, 0.717) is 19.8 Å². The maximum Gasteiger partial charge on any atom is 0.158 e. The van der Waals surface area contributed by atoms with Crippen molar-refractivity contribution in [1.29, 1.82) is 0 Å². The summed E-state index contributed by atoms with van der Waals surface area (Å²) in [7, 11) is 0. The summed E-state index contributed by atoms with van der Waals surface area (Å²) in [4.78, 5) is 0. The molecule has 0 aromatic heterocycles. The van der Waals surface area contributed by atoms with Crippen LogP contribution in [0.25, 0.3) is 0 Å². The Morgan fingerprint density at radius 3 is 2.84 bits per heavy atom. The van der Waals surface area contributed by atoms with Crippen molar-refractivity contribution in [2.24, 2.45) is 0 Å². The van der Waals surface area contributed by atoms with Gasteiger partial charge in [-0.1, -0.05) is 46.3 Å². The molecule has 19 heavy (non-hydrogen) atoms. The summed E-state index contributed by atoms with van der Waals surface area (Å²) in [5.41, 5.74) is 1.20. The van der Waals surface area contributed by atoms with Crippen LogP contribution in [0, 0.1) is 0 Å². The molecular formula is C15H21BrO3. The summed E-state index contributed by atoms with van der Waals surface area (Å²) in [6, 6.07) is 10.2. The zero-order valence-electron chi connectivity index (χ0n) is 11.1. The van der Waals surface area contributed by atoms with Crippen molar-refractivity contribution in [3.63, 3.8) is 0 Å². The van der Waals surface area contributed by atoms with Crippen molar-refractivity contribution in [2.75, 3.05) is 18.5 Å². The number of rotatable bonds is 7. The monoisotopic (exact) mass is 328 g/mol. The molecule has 0 N–H and O–H groups in total. The van der Waals surface area contributed by atoms with Gasteiger partial charge in [0.1, 0.15) is 0 Å². The smallest absolute Gasteiger partial charge is 0.158 e. The fourth-order valence-corrected chi connectivity index (χ4v) is 2.35. The first-order chi connectivity index (χ1) is 9.38. The number of halogens is 1. The minimum absolute atomic E-state index is 0.0587. The van der Waals surface area contributed by atoms with E-state index in [1.807, 2.05) is 18.2 Å². The second kappa shape index (κ2) is 8.69. The third kappa shape index (κ3) is 5.61. The summed E-state index contributed by atoms with van der Waals surface area (Å²) >= 11 is 3.35. The van der Waals surface area contributed by atoms with E-state index in [9.17, 15) is 0 Å². The summed E-state index contributed by atoms with van der Waals surface area (Å²) < 4.78 is 17.2. The molecule has 0 saturated carbocycles. The van der Waals surface area contributed by atoms with Crippen molar-refractivity contribution in [3.05, 3.63) is 35.9 Å². The molecule has 0 bridgehead atoms. The first-order valence-electron chi connectivity index (χ1n) is 6.83. The van der Waals surface area contributed by atoms with E-state index in [1.54, 1.807) is 0 Å². The number of alkyl halides is 1. The Balaban J connectivity index is 1.65. The van der Waals surface area contributed by atoms with E-state index >= 15 is 0 Å². The minimum atomic E-state index is -0.0587. The van der Waals surface area contributed by atoms with Gasteiger partial charge in [0.05, 0.1) is 25.9 Å². The summed E-state index contributed by atoms with van der Waals surface area (Å²) in [5.74, 6) is 0. The number of ether oxygens (including phenoxy) is 3. The van der Waals surface area contributed by atoms with E-state index in [0.717, 1.165) is 24.6 Å². The fourth-order valence-electron chi connectivity index (χ4n) is 2.17. The van der Waals surface area contributed by atoms with Crippen molar-refractivity contribution < 1.29 is 14.2 Å². The van der Waals surface area contributed by atoms with Gasteiger partial charge in [-0.05, 0) is 24.8 Å². The summed E-state index contributed by atoms with van der Waals surface area (Å²) in [5, 5.41) is 0.849. The number of hydrogen-bond acceptors (Lipinski definition) is 3. The second-order valence-electron chi connectivity index (χ2n) is 4.68. The van der Waals surface area contributed by atoms with Crippen molar-refractivity contribution in [3.8, 4) is 0 Å². The molecule has 0 unspecified atom stereocenters. The van der Waals surface area contributed by atoms with Gasteiger partial charge in [0, 0.05) is 5.33 Å². The van der Waals surface area contributed by atoms with Gasteiger partial charge < -0.3 is 14.2 Å². The molecule has 106 valence electrons. The van der Waals surface area contributed by atoms with Gasteiger partial charge in [-0.25, -0.2) is 0 Å². The van der Waals surface area contributed by atoms with E-state index in [2.05, 4.69) is 28.1 Å². The fraction of sp³-hybridized carbons (Fsp3) is 0.600. The molecule has 1 saturated heterocycles. The predicted octanol–water partition coefficient (Wildman–Crippen LogP) is 3.51. The zero-order chi connectivity index (χ0) is 13.3. The molecule has 1 aliphatic heterocycles. The highest BCUT2D eigenvalue weighted by molar-refractivity contribution is 9.09. The lowest BCUT2D eigenvalue weighted by Crippen LogP contribution is -2.33. The van der Waals surface area contributed by atoms with Gasteiger partial charge in [-0.3, -0.25) is 0 Å². The quantitative estimate of drug-likeness (QED) is 0.717. The SMILES string of the molecule is BrCCO[C@H]1CCC[C@@H](COCc2ccccc2)O1. The average molecular weight is 329 g/mol. The molecule has 0 spiro atoms. The standard InChI is InChI=1S/C15H21BrO3/c16-9-10-18-15-8-4-7-14(19-15)12-17-11-13-5-2-1-3-6-13/h1-3,5-6,14-15H,4,7-12H2/t14-,15+/m0/s1. The zero-order valence-corrected chi connectivity index (χ0v) is 12.7. The van der Waals surface area contributed by atoms with E-state index < -0.39 is 0 Å². The molecule has 3 nitrogen and oxygen atoms in total. The van der Waals surface area contributed by atoms with Gasteiger partial charge in [-0.2, -0.15) is 0 Å². The largest absolute Gasteiger partial charge is 0.374 e. The van der Waals surface area contributed by atoms with E-state index in [-0.39, 0.29) is 12.4 Å².